The summed E-state index contributed by atoms with van der Waals surface area (Å²) in [5, 5.41) is 3.38. The lowest BCUT2D eigenvalue weighted by molar-refractivity contribution is 0.0573. The molecule has 2 heterocycles. The van der Waals surface area contributed by atoms with Crippen molar-refractivity contribution >= 4 is 11.6 Å². The maximum atomic E-state index is 12.8. The third-order valence-electron chi connectivity index (χ3n) is 4.48. The summed E-state index contributed by atoms with van der Waals surface area (Å²) >= 11 is 0. The van der Waals surface area contributed by atoms with Crippen molar-refractivity contribution in [3.05, 3.63) is 29.3 Å². The van der Waals surface area contributed by atoms with Crippen molar-refractivity contribution in [1.82, 2.24) is 4.90 Å². The van der Waals surface area contributed by atoms with Crippen LogP contribution in [0.2, 0.25) is 0 Å². The number of rotatable bonds is 2. The molecule has 108 valence electrons. The molecule has 0 radical (unpaired) electrons. The summed E-state index contributed by atoms with van der Waals surface area (Å²) in [6, 6.07) is 6.17. The van der Waals surface area contributed by atoms with E-state index in [1.54, 1.807) is 0 Å². The van der Waals surface area contributed by atoms with Gasteiger partial charge in [0.2, 0.25) is 0 Å². The first-order chi connectivity index (χ1) is 9.68. The molecule has 1 fully saturated rings. The Morgan fingerprint density at radius 1 is 1.45 bits per heavy atom. The highest BCUT2D eigenvalue weighted by Crippen LogP contribution is 2.27. The van der Waals surface area contributed by atoms with Gasteiger partial charge in [0.05, 0.1) is 12.1 Å². The lowest BCUT2D eigenvalue weighted by atomic mass is 9.96. The van der Waals surface area contributed by atoms with Gasteiger partial charge in [-0.05, 0) is 43.9 Å². The third kappa shape index (κ3) is 2.29. The molecule has 0 bridgehead atoms. The van der Waals surface area contributed by atoms with E-state index in [-0.39, 0.29) is 18.1 Å². The summed E-state index contributed by atoms with van der Waals surface area (Å²) in [7, 11) is 1.90. The number of carbonyl (C=O) groups excluding carboxylic acids is 1. The number of hydrogen-bond acceptors (Lipinski definition) is 3. The van der Waals surface area contributed by atoms with Gasteiger partial charge in [-0.25, -0.2) is 0 Å². The maximum Gasteiger partial charge on any atom is 0.254 e. The Morgan fingerprint density at radius 2 is 2.30 bits per heavy atom. The van der Waals surface area contributed by atoms with E-state index in [4.69, 9.17) is 4.74 Å². The minimum Gasteiger partial charge on any atom is -0.385 e. The number of nitrogens with one attached hydrogen (secondary N) is 1. The average molecular weight is 274 g/mol. The SMILES string of the molecule is CC1OCCC1N(C)C(=O)c1cccc2c1CCCN2. The molecule has 3 rings (SSSR count). The molecule has 0 spiro atoms. The topological polar surface area (TPSA) is 41.6 Å². The molecule has 4 heteroatoms. The Hall–Kier alpha value is -1.55. The van der Waals surface area contributed by atoms with Gasteiger partial charge in [-0.15, -0.1) is 0 Å². The van der Waals surface area contributed by atoms with Crippen LogP contribution in [-0.4, -0.2) is 43.2 Å². The first kappa shape index (κ1) is 13.4. The summed E-state index contributed by atoms with van der Waals surface area (Å²) in [5.74, 6) is 0.118. The van der Waals surface area contributed by atoms with Crippen LogP contribution in [0.3, 0.4) is 0 Å². The largest absolute Gasteiger partial charge is 0.385 e. The Balaban J connectivity index is 1.87. The van der Waals surface area contributed by atoms with Crippen molar-refractivity contribution in [2.75, 3.05) is 25.5 Å². The summed E-state index contributed by atoms with van der Waals surface area (Å²) in [5.41, 5.74) is 3.13. The highest BCUT2D eigenvalue weighted by molar-refractivity contribution is 5.97. The van der Waals surface area contributed by atoms with Gasteiger partial charge in [0.1, 0.15) is 0 Å². The van der Waals surface area contributed by atoms with E-state index in [1.807, 2.05) is 31.0 Å². The van der Waals surface area contributed by atoms with Gasteiger partial charge >= 0.3 is 0 Å². The lowest BCUT2D eigenvalue weighted by Gasteiger charge is -2.29. The van der Waals surface area contributed by atoms with Crippen molar-refractivity contribution in [2.45, 2.75) is 38.3 Å². The molecule has 1 aromatic carbocycles. The number of benzene rings is 1. The van der Waals surface area contributed by atoms with Gasteiger partial charge in [-0.2, -0.15) is 0 Å². The van der Waals surface area contributed by atoms with Crippen LogP contribution in [0.4, 0.5) is 5.69 Å². The van der Waals surface area contributed by atoms with Crippen LogP contribution in [0.1, 0.15) is 35.7 Å². The second kappa shape index (κ2) is 5.44. The third-order valence-corrected chi connectivity index (χ3v) is 4.48. The fraction of sp³-hybridized carbons (Fsp3) is 0.562. The van der Waals surface area contributed by atoms with Crippen molar-refractivity contribution in [3.8, 4) is 0 Å². The summed E-state index contributed by atoms with van der Waals surface area (Å²) in [4.78, 5) is 14.7. The average Bonchev–Trinajstić information content (AvgIpc) is 2.91. The Bertz CT molecular complexity index is 515. The van der Waals surface area contributed by atoms with Crippen LogP contribution in [-0.2, 0) is 11.2 Å². The highest BCUT2D eigenvalue weighted by Gasteiger charge is 2.32. The molecule has 1 N–H and O–H groups in total. The number of nitrogens with zero attached hydrogens (tertiary/aromatic N) is 1. The zero-order chi connectivity index (χ0) is 14.1. The summed E-state index contributed by atoms with van der Waals surface area (Å²) < 4.78 is 5.58. The number of amides is 1. The second-order valence-corrected chi connectivity index (χ2v) is 5.71. The van der Waals surface area contributed by atoms with E-state index in [0.29, 0.717) is 0 Å². The minimum absolute atomic E-state index is 0.118. The van der Waals surface area contributed by atoms with Crippen LogP contribution in [0.5, 0.6) is 0 Å². The maximum absolute atomic E-state index is 12.8. The Morgan fingerprint density at radius 3 is 3.05 bits per heavy atom. The van der Waals surface area contributed by atoms with E-state index in [1.165, 1.54) is 5.56 Å². The number of fused-ring (bicyclic) bond motifs is 1. The zero-order valence-electron chi connectivity index (χ0n) is 12.2. The molecule has 1 saturated heterocycles. The van der Waals surface area contributed by atoms with Gasteiger partial charge in [-0.3, -0.25) is 4.79 Å². The zero-order valence-corrected chi connectivity index (χ0v) is 12.2. The molecule has 2 aliphatic heterocycles. The van der Waals surface area contributed by atoms with E-state index < -0.39 is 0 Å². The molecule has 1 amide bonds. The lowest BCUT2D eigenvalue weighted by Crippen LogP contribution is -2.41. The number of hydrogen-bond donors (Lipinski definition) is 1. The van der Waals surface area contributed by atoms with Gasteiger partial charge in [-0.1, -0.05) is 6.07 Å². The number of carbonyl (C=O) groups is 1. The van der Waals surface area contributed by atoms with Crippen LogP contribution < -0.4 is 5.32 Å². The monoisotopic (exact) mass is 274 g/mol. The first-order valence-electron chi connectivity index (χ1n) is 7.43. The van der Waals surface area contributed by atoms with Crippen molar-refractivity contribution in [3.63, 3.8) is 0 Å². The summed E-state index contributed by atoms with van der Waals surface area (Å²) in [6.07, 6.45) is 3.12. The highest BCUT2D eigenvalue weighted by atomic mass is 16.5. The molecule has 2 aliphatic rings. The van der Waals surface area contributed by atoms with Gasteiger partial charge < -0.3 is 15.0 Å². The molecule has 20 heavy (non-hydrogen) atoms. The van der Waals surface area contributed by atoms with Gasteiger partial charge in [0.25, 0.3) is 5.91 Å². The first-order valence-corrected chi connectivity index (χ1v) is 7.43. The smallest absolute Gasteiger partial charge is 0.254 e. The minimum atomic E-state index is 0.118. The molecular weight excluding hydrogens is 252 g/mol. The van der Waals surface area contributed by atoms with Crippen LogP contribution in [0, 0.1) is 0 Å². The Labute approximate surface area is 120 Å². The second-order valence-electron chi connectivity index (χ2n) is 5.71. The van der Waals surface area contributed by atoms with Crippen LogP contribution in [0.25, 0.3) is 0 Å². The number of likely N-dealkylation sites (N-methyl/N-ethyl adjacent to an activating group) is 1. The molecule has 0 saturated carbocycles. The molecule has 2 unspecified atom stereocenters. The van der Waals surface area contributed by atoms with Crippen LogP contribution >= 0.6 is 0 Å². The number of anilines is 1. The predicted octanol–water partition coefficient (Wildman–Crippen LogP) is 2.29. The van der Waals surface area contributed by atoms with E-state index in [2.05, 4.69) is 11.4 Å². The molecule has 0 aliphatic carbocycles. The molecule has 2 atom stereocenters. The van der Waals surface area contributed by atoms with Gasteiger partial charge in [0, 0.05) is 31.5 Å². The van der Waals surface area contributed by atoms with E-state index in [0.717, 1.165) is 43.7 Å². The van der Waals surface area contributed by atoms with Crippen molar-refractivity contribution < 1.29 is 9.53 Å². The quantitative estimate of drug-likeness (QED) is 0.899. The van der Waals surface area contributed by atoms with E-state index >= 15 is 0 Å². The predicted molar refractivity (Wildman–Crippen MR) is 79.2 cm³/mol. The Kier molecular flexibility index (Phi) is 3.66. The molecule has 4 nitrogen and oxygen atoms in total. The standard InChI is InChI=1S/C16H22N2O2/c1-11-15(8-10-20-11)18(2)16(19)13-5-3-7-14-12(13)6-4-9-17-14/h3,5,7,11,15,17H,4,6,8-10H2,1-2H3. The number of ether oxygens (including phenoxy) is 1. The molecule has 1 aromatic rings. The van der Waals surface area contributed by atoms with Crippen molar-refractivity contribution in [1.29, 1.82) is 0 Å². The fourth-order valence-corrected chi connectivity index (χ4v) is 3.28. The summed E-state index contributed by atoms with van der Waals surface area (Å²) in [6.45, 7) is 3.79. The molecular formula is C16H22N2O2. The van der Waals surface area contributed by atoms with Crippen molar-refractivity contribution in [2.24, 2.45) is 0 Å². The normalized spacial score (nSPS) is 24.9. The fourth-order valence-electron chi connectivity index (χ4n) is 3.28. The van der Waals surface area contributed by atoms with E-state index in [9.17, 15) is 4.79 Å². The van der Waals surface area contributed by atoms with Gasteiger partial charge in [0.15, 0.2) is 0 Å². The molecule has 0 aromatic heterocycles. The van der Waals surface area contributed by atoms with Crippen LogP contribution in [0.15, 0.2) is 18.2 Å².